The SMILES string of the molecule is CC(=O)N[C@@H]1[C@@H](O)CC(O)(C(=O)O)O[C@H]1C(O)C(O)CO.O=CC(O)C(O)C(O)C(O)CO. The maximum atomic E-state index is 11.1. The number of aldehydes is 1. The van der Waals surface area contributed by atoms with Crippen molar-refractivity contribution in [1.82, 2.24) is 5.32 Å². The molecule has 12 N–H and O–H groups in total. The normalized spacial score (nSPS) is 30.5. The van der Waals surface area contributed by atoms with Crippen LogP contribution < -0.4 is 5.32 Å². The first-order valence-corrected chi connectivity index (χ1v) is 9.50. The van der Waals surface area contributed by atoms with E-state index in [1.807, 2.05) is 0 Å². The molecule has 0 radical (unpaired) electrons. The third kappa shape index (κ3) is 8.80. The van der Waals surface area contributed by atoms with Crippen molar-refractivity contribution in [2.24, 2.45) is 0 Å². The van der Waals surface area contributed by atoms with Gasteiger partial charge in [0, 0.05) is 13.3 Å². The average molecular weight is 489 g/mol. The van der Waals surface area contributed by atoms with Crippen LogP contribution in [-0.4, -0.2) is 148 Å². The van der Waals surface area contributed by atoms with E-state index < -0.39 is 92.2 Å². The molecule has 7 unspecified atom stereocenters. The van der Waals surface area contributed by atoms with Crippen LogP contribution in [0.15, 0.2) is 0 Å². The molecule has 1 aliphatic rings. The van der Waals surface area contributed by atoms with Gasteiger partial charge in [-0.2, -0.15) is 0 Å². The van der Waals surface area contributed by atoms with Crippen LogP contribution in [0.3, 0.4) is 0 Å². The summed E-state index contributed by atoms with van der Waals surface area (Å²) in [6, 6.07) is -1.27. The van der Waals surface area contributed by atoms with Gasteiger partial charge in [-0.15, -0.1) is 0 Å². The molecule has 0 spiro atoms. The second kappa shape index (κ2) is 13.8. The van der Waals surface area contributed by atoms with Crippen LogP contribution in [0.2, 0.25) is 0 Å². The number of carbonyl (C=O) groups is 3. The van der Waals surface area contributed by atoms with Crippen molar-refractivity contribution in [3.05, 3.63) is 0 Å². The zero-order valence-corrected chi connectivity index (χ0v) is 17.4. The summed E-state index contributed by atoms with van der Waals surface area (Å²) < 4.78 is 4.86. The lowest BCUT2D eigenvalue weighted by Gasteiger charge is -2.44. The number of aliphatic hydroxyl groups is 10. The number of carbonyl (C=O) groups excluding carboxylic acids is 2. The number of ether oxygens (including phenoxy) is 1. The van der Waals surface area contributed by atoms with Gasteiger partial charge in [-0.05, 0) is 0 Å². The fraction of sp³-hybridized carbons (Fsp3) is 0.824. The van der Waals surface area contributed by atoms with E-state index in [-0.39, 0.29) is 6.29 Å². The molecule has 33 heavy (non-hydrogen) atoms. The summed E-state index contributed by atoms with van der Waals surface area (Å²) in [5.41, 5.74) is 0. The van der Waals surface area contributed by atoms with E-state index in [1.165, 1.54) is 0 Å². The van der Waals surface area contributed by atoms with Gasteiger partial charge in [0.05, 0.1) is 25.4 Å². The van der Waals surface area contributed by atoms with Crippen LogP contribution in [0, 0.1) is 0 Å². The Morgan fingerprint density at radius 1 is 1.06 bits per heavy atom. The summed E-state index contributed by atoms with van der Waals surface area (Å²) in [4.78, 5) is 32.0. The Kier molecular flexibility index (Phi) is 13.0. The largest absolute Gasteiger partial charge is 0.477 e. The maximum absolute atomic E-state index is 11.1. The molecule has 0 aliphatic carbocycles. The Morgan fingerprint density at radius 3 is 1.97 bits per heavy atom. The predicted molar refractivity (Wildman–Crippen MR) is 102 cm³/mol. The summed E-state index contributed by atoms with van der Waals surface area (Å²) in [5.74, 6) is -5.17. The van der Waals surface area contributed by atoms with Crippen molar-refractivity contribution in [1.29, 1.82) is 0 Å². The molecule has 0 bridgehead atoms. The lowest BCUT2D eigenvalue weighted by molar-refractivity contribution is -0.295. The van der Waals surface area contributed by atoms with E-state index in [9.17, 15) is 34.8 Å². The molecule has 0 saturated carbocycles. The topological polar surface area (TPSA) is 295 Å². The molecule has 1 aliphatic heterocycles. The minimum absolute atomic E-state index is 0.0258. The molecule has 10 atom stereocenters. The average Bonchev–Trinajstić information content (AvgIpc) is 2.77. The molecule has 16 heteroatoms. The van der Waals surface area contributed by atoms with E-state index >= 15 is 0 Å². The second-order valence-corrected chi connectivity index (χ2v) is 7.27. The van der Waals surface area contributed by atoms with Crippen molar-refractivity contribution >= 4 is 18.2 Å². The summed E-state index contributed by atoms with van der Waals surface area (Å²) in [6.45, 7) is -0.504. The Labute approximate surface area is 186 Å². The quantitative estimate of drug-likeness (QED) is 0.127. The minimum atomic E-state index is -2.78. The highest BCUT2D eigenvalue weighted by atomic mass is 16.7. The number of hydrogen-bond acceptors (Lipinski definition) is 14. The van der Waals surface area contributed by atoms with E-state index in [0.717, 1.165) is 6.92 Å². The minimum Gasteiger partial charge on any atom is -0.477 e. The van der Waals surface area contributed by atoms with Gasteiger partial charge >= 0.3 is 5.97 Å². The van der Waals surface area contributed by atoms with Gasteiger partial charge < -0.3 is 71.0 Å². The van der Waals surface area contributed by atoms with Crippen molar-refractivity contribution in [3.8, 4) is 0 Å². The van der Waals surface area contributed by atoms with E-state index in [0.29, 0.717) is 0 Å². The number of nitrogens with one attached hydrogen (secondary N) is 1. The third-order valence-corrected chi connectivity index (χ3v) is 4.63. The third-order valence-electron chi connectivity index (χ3n) is 4.63. The molecule has 0 aromatic carbocycles. The summed E-state index contributed by atoms with van der Waals surface area (Å²) in [7, 11) is 0. The van der Waals surface area contributed by atoms with Crippen LogP contribution in [0.4, 0.5) is 0 Å². The number of hydrogen-bond donors (Lipinski definition) is 12. The number of rotatable bonds is 10. The molecule has 194 valence electrons. The molecular formula is C17H31NO15. The summed E-state index contributed by atoms with van der Waals surface area (Å²) >= 11 is 0. The first-order chi connectivity index (χ1) is 15.2. The highest BCUT2D eigenvalue weighted by Gasteiger charge is 2.53. The first kappa shape index (κ1) is 31.2. The number of amides is 1. The lowest BCUT2D eigenvalue weighted by Crippen LogP contribution is -2.67. The first-order valence-electron chi connectivity index (χ1n) is 9.50. The Morgan fingerprint density at radius 2 is 1.58 bits per heavy atom. The number of aliphatic carboxylic acids is 1. The van der Waals surface area contributed by atoms with Gasteiger partial charge in [0.15, 0.2) is 6.29 Å². The van der Waals surface area contributed by atoms with E-state index in [1.54, 1.807) is 0 Å². The van der Waals surface area contributed by atoms with Gasteiger partial charge in [-0.25, -0.2) is 4.79 Å². The smallest absolute Gasteiger partial charge is 0.364 e. The fourth-order valence-electron chi connectivity index (χ4n) is 2.75. The predicted octanol–water partition coefficient (Wildman–Crippen LogP) is -7.25. The van der Waals surface area contributed by atoms with Crippen molar-refractivity contribution in [2.45, 2.75) is 74.0 Å². The Balaban J connectivity index is 0.000000728. The standard InChI is InChI=1S/C11H19NO9.C6H12O6/c1-4(14)12-7-5(15)2-11(20,10(18)19)21-9(7)8(17)6(16)3-13;7-1-3(9)5(11)6(12)4(10)2-8/h5-9,13,15-17,20H,2-3H2,1H3,(H,12,14)(H,18,19);1,3-6,8-12H,2H2/t5-,6?,7+,8?,9+,11?;/m0./s1. The maximum Gasteiger partial charge on any atom is 0.364 e. The number of aliphatic hydroxyl groups excluding tert-OH is 9. The van der Waals surface area contributed by atoms with Crippen LogP contribution in [0.25, 0.3) is 0 Å². The van der Waals surface area contributed by atoms with E-state index in [4.69, 9.17) is 40.5 Å². The Bertz CT molecular complexity index is 636. The molecular weight excluding hydrogens is 458 g/mol. The number of carboxylic acids is 1. The summed E-state index contributed by atoms with van der Waals surface area (Å²) in [5, 5.41) is 102. The van der Waals surface area contributed by atoms with Gasteiger partial charge in [0.1, 0.15) is 42.7 Å². The number of carboxylic acid groups (broad SMARTS) is 1. The molecule has 16 nitrogen and oxygen atoms in total. The van der Waals surface area contributed by atoms with Crippen LogP contribution >= 0.6 is 0 Å². The van der Waals surface area contributed by atoms with Crippen LogP contribution in [0.5, 0.6) is 0 Å². The monoisotopic (exact) mass is 489 g/mol. The van der Waals surface area contributed by atoms with Crippen molar-refractivity contribution < 1.29 is 75.3 Å². The van der Waals surface area contributed by atoms with Crippen molar-refractivity contribution in [3.63, 3.8) is 0 Å². The highest BCUT2D eigenvalue weighted by Crippen LogP contribution is 2.30. The Hall–Kier alpha value is -1.83. The second-order valence-electron chi connectivity index (χ2n) is 7.27. The van der Waals surface area contributed by atoms with Gasteiger partial charge in [0.25, 0.3) is 5.79 Å². The molecule has 1 rings (SSSR count). The van der Waals surface area contributed by atoms with Crippen LogP contribution in [0.1, 0.15) is 13.3 Å². The highest BCUT2D eigenvalue weighted by molar-refractivity contribution is 5.76. The lowest BCUT2D eigenvalue weighted by atomic mass is 9.88. The molecule has 1 fully saturated rings. The zero-order valence-electron chi connectivity index (χ0n) is 17.4. The molecule has 1 saturated heterocycles. The fourth-order valence-corrected chi connectivity index (χ4v) is 2.75. The zero-order chi connectivity index (χ0) is 26.1. The summed E-state index contributed by atoms with van der Waals surface area (Å²) in [6.07, 6.45) is -14.3. The van der Waals surface area contributed by atoms with Gasteiger partial charge in [-0.3, -0.25) is 4.79 Å². The van der Waals surface area contributed by atoms with Gasteiger partial charge in [-0.1, -0.05) is 0 Å². The molecule has 1 amide bonds. The molecule has 1 heterocycles. The molecule has 0 aromatic rings. The van der Waals surface area contributed by atoms with E-state index in [2.05, 4.69) is 5.32 Å². The van der Waals surface area contributed by atoms with Crippen molar-refractivity contribution in [2.75, 3.05) is 13.2 Å². The van der Waals surface area contributed by atoms with Gasteiger partial charge in [0.2, 0.25) is 5.91 Å². The molecule has 0 aromatic heterocycles. The van der Waals surface area contributed by atoms with Crippen LogP contribution in [-0.2, 0) is 19.1 Å².